The molecule has 0 saturated heterocycles. The first-order valence-corrected chi connectivity index (χ1v) is 5.21. The van der Waals surface area contributed by atoms with Gasteiger partial charge in [-0.15, -0.1) is 11.3 Å². The molecular weight excluding hydrogens is 212 g/mol. The van der Waals surface area contributed by atoms with Gasteiger partial charge in [0.1, 0.15) is 12.2 Å². The van der Waals surface area contributed by atoms with E-state index in [2.05, 4.69) is 9.97 Å². The van der Waals surface area contributed by atoms with Crippen LogP contribution in [-0.4, -0.2) is 21.0 Å². The second-order valence-corrected chi connectivity index (χ2v) is 3.85. The van der Waals surface area contributed by atoms with Crippen molar-refractivity contribution in [2.75, 3.05) is 0 Å². The zero-order valence-corrected chi connectivity index (χ0v) is 8.57. The summed E-state index contributed by atoms with van der Waals surface area (Å²) < 4.78 is 0. The molecule has 0 fully saturated rings. The maximum absolute atomic E-state index is 10.5. The maximum atomic E-state index is 10.5. The fraction of sp³-hybridized carbons (Fsp3) is 0.100. The molecule has 1 N–H and O–H groups in total. The molecule has 5 heteroatoms. The Bertz CT molecular complexity index is 468. The first-order chi connectivity index (χ1) is 7.25. The zero-order chi connectivity index (χ0) is 10.7. The van der Waals surface area contributed by atoms with Gasteiger partial charge in [-0.25, -0.2) is 9.97 Å². The molecule has 0 amide bonds. The quantitative estimate of drug-likeness (QED) is 0.857. The van der Waals surface area contributed by atoms with Gasteiger partial charge >= 0.3 is 5.97 Å². The summed E-state index contributed by atoms with van der Waals surface area (Å²) in [5.74, 6) is -0.577. The van der Waals surface area contributed by atoms with Crippen LogP contribution in [0.1, 0.15) is 5.82 Å². The van der Waals surface area contributed by atoms with Crippen molar-refractivity contribution in [1.82, 2.24) is 9.97 Å². The lowest BCUT2D eigenvalue weighted by Gasteiger charge is -1.98. The lowest BCUT2D eigenvalue weighted by atomic mass is 10.3. The Labute approximate surface area is 90.3 Å². The monoisotopic (exact) mass is 220 g/mol. The first kappa shape index (κ1) is 9.79. The number of aliphatic carboxylic acids is 1. The highest BCUT2D eigenvalue weighted by Gasteiger charge is 2.06. The first-order valence-electron chi connectivity index (χ1n) is 4.33. The smallest absolute Gasteiger partial charge is 0.311 e. The van der Waals surface area contributed by atoms with Crippen LogP contribution in [0.4, 0.5) is 0 Å². The van der Waals surface area contributed by atoms with Gasteiger partial charge in [0.15, 0.2) is 0 Å². The van der Waals surface area contributed by atoms with E-state index in [9.17, 15) is 4.79 Å². The van der Waals surface area contributed by atoms with Gasteiger partial charge in [0, 0.05) is 6.20 Å². The molecule has 4 nitrogen and oxygen atoms in total. The highest BCUT2D eigenvalue weighted by molar-refractivity contribution is 7.13. The Balaban J connectivity index is 2.31. The average Bonchev–Trinajstić information content (AvgIpc) is 2.69. The molecule has 0 saturated carbocycles. The van der Waals surface area contributed by atoms with Crippen molar-refractivity contribution in [2.24, 2.45) is 0 Å². The maximum Gasteiger partial charge on any atom is 0.311 e. The van der Waals surface area contributed by atoms with Crippen LogP contribution < -0.4 is 0 Å². The minimum atomic E-state index is -0.918. The third kappa shape index (κ3) is 2.38. The summed E-state index contributed by atoms with van der Waals surface area (Å²) in [5.41, 5.74) is 0.774. The summed E-state index contributed by atoms with van der Waals surface area (Å²) in [6.07, 6.45) is 1.44. The van der Waals surface area contributed by atoms with Crippen LogP contribution in [0.3, 0.4) is 0 Å². The molecule has 2 heterocycles. The number of carboxylic acid groups (broad SMARTS) is 1. The second kappa shape index (κ2) is 4.18. The molecule has 0 unspecified atom stereocenters. The molecule has 2 aromatic rings. The van der Waals surface area contributed by atoms with Crippen LogP contribution in [0.5, 0.6) is 0 Å². The van der Waals surface area contributed by atoms with Crippen LogP contribution in [0.2, 0.25) is 0 Å². The van der Waals surface area contributed by atoms with Crippen molar-refractivity contribution < 1.29 is 9.90 Å². The predicted molar refractivity (Wildman–Crippen MR) is 56.7 cm³/mol. The van der Waals surface area contributed by atoms with Crippen LogP contribution in [-0.2, 0) is 11.2 Å². The van der Waals surface area contributed by atoms with Crippen LogP contribution >= 0.6 is 11.3 Å². The molecule has 0 aromatic carbocycles. The van der Waals surface area contributed by atoms with E-state index >= 15 is 0 Å². The van der Waals surface area contributed by atoms with Crippen molar-refractivity contribution in [3.63, 3.8) is 0 Å². The molecule has 0 atom stereocenters. The van der Waals surface area contributed by atoms with Crippen LogP contribution in [0.25, 0.3) is 10.6 Å². The molecule has 0 aliphatic rings. The number of thiophene rings is 1. The Hall–Kier alpha value is -1.75. The summed E-state index contributed by atoms with van der Waals surface area (Å²) in [7, 11) is 0. The molecule has 15 heavy (non-hydrogen) atoms. The molecular formula is C10H8N2O2S. The predicted octanol–water partition coefficient (Wildman–Crippen LogP) is 1.83. The van der Waals surface area contributed by atoms with Crippen LogP contribution in [0, 0.1) is 0 Å². The van der Waals surface area contributed by atoms with Crippen molar-refractivity contribution in [2.45, 2.75) is 6.42 Å². The van der Waals surface area contributed by atoms with E-state index in [-0.39, 0.29) is 6.42 Å². The van der Waals surface area contributed by atoms with E-state index in [1.807, 2.05) is 17.5 Å². The van der Waals surface area contributed by atoms with Gasteiger partial charge in [0.05, 0.1) is 10.6 Å². The fourth-order valence-electron chi connectivity index (χ4n) is 1.18. The summed E-state index contributed by atoms with van der Waals surface area (Å²) in [4.78, 5) is 19.6. The van der Waals surface area contributed by atoms with Gasteiger partial charge in [0.25, 0.3) is 0 Å². The van der Waals surface area contributed by atoms with Gasteiger partial charge in [0.2, 0.25) is 0 Å². The fourth-order valence-corrected chi connectivity index (χ4v) is 1.88. The number of aromatic nitrogens is 2. The normalized spacial score (nSPS) is 10.1. The molecule has 0 radical (unpaired) electrons. The van der Waals surface area contributed by atoms with Crippen LogP contribution in [0.15, 0.2) is 29.8 Å². The number of hydrogen-bond donors (Lipinski definition) is 1. The SMILES string of the molecule is O=C(O)Cc1nccc(-c2cccs2)n1. The van der Waals surface area contributed by atoms with Gasteiger partial charge in [-0.3, -0.25) is 4.79 Å². The highest BCUT2D eigenvalue weighted by atomic mass is 32.1. The molecule has 76 valence electrons. The molecule has 2 aromatic heterocycles. The Morgan fingerprint density at radius 3 is 3.00 bits per heavy atom. The van der Waals surface area contributed by atoms with Gasteiger partial charge < -0.3 is 5.11 Å². The topological polar surface area (TPSA) is 63.1 Å². The molecule has 0 spiro atoms. The Morgan fingerprint density at radius 2 is 2.33 bits per heavy atom. The summed E-state index contributed by atoms with van der Waals surface area (Å²) in [6, 6.07) is 5.65. The van der Waals surface area contributed by atoms with E-state index < -0.39 is 5.97 Å². The van der Waals surface area contributed by atoms with Gasteiger partial charge in [-0.2, -0.15) is 0 Å². The molecule has 0 aliphatic heterocycles. The number of hydrogen-bond acceptors (Lipinski definition) is 4. The summed E-state index contributed by atoms with van der Waals surface area (Å²) in [6.45, 7) is 0. The largest absolute Gasteiger partial charge is 0.481 e. The summed E-state index contributed by atoms with van der Waals surface area (Å²) >= 11 is 1.57. The van der Waals surface area contributed by atoms with Crippen molar-refractivity contribution in [1.29, 1.82) is 0 Å². The third-order valence-electron chi connectivity index (χ3n) is 1.79. The minimum absolute atomic E-state index is 0.140. The number of rotatable bonds is 3. The van der Waals surface area contributed by atoms with Crippen molar-refractivity contribution in [3.05, 3.63) is 35.6 Å². The van der Waals surface area contributed by atoms with Crippen molar-refractivity contribution in [3.8, 4) is 10.6 Å². The third-order valence-corrected chi connectivity index (χ3v) is 2.68. The number of nitrogens with zero attached hydrogens (tertiary/aromatic N) is 2. The van der Waals surface area contributed by atoms with E-state index in [0.29, 0.717) is 5.82 Å². The summed E-state index contributed by atoms with van der Waals surface area (Å²) in [5, 5.41) is 10.6. The Morgan fingerprint density at radius 1 is 1.47 bits per heavy atom. The van der Waals surface area contributed by atoms with Gasteiger partial charge in [-0.1, -0.05) is 6.07 Å². The average molecular weight is 220 g/mol. The molecule has 2 rings (SSSR count). The zero-order valence-electron chi connectivity index (χ0n) is 7.75. The lowest BCUT2D eigenvalue weighted by molar-refractivity contribution is -0.136. The standard InChI is InChI=1S/C10H8N2O2S/c13-10(14)6-9-11-4-3-7(12-9)8-2-1-5-15-8/h1-5H,6H2,(H,13,14). The number of carbonyl (C=O) groups is 1. The second-order valence-electron chi connectivity index (χ2n) is 2.91. The Kier molecular flexibility index (Phi) is 2.73. The molecule has 0 bridgehead atoms. The van der Waals surface area contributed by atoms with Gasteiger partial charge in [-0.05, 0) is 17.5 Å². The van der Waals surface area contributed by atoms with E-state index in [1.165, 1.54) is 0 Å². The van der Waals surface area contributed by atoms with E-state index in [0.717, 1.165) is 10.6 Å². The highest BCUT2D eigenvalue weighted by Crippen LogP contribution is 2.21. The number of carboxylic acids is 1. The van der Waals surface area contributed by atoms with E-state index in [1.54, 1.807) is 23.6 Å². The van der Waals surface area contributed by atoms with E-state index in [4.69, 9.17) is 5.11 Å². The van der Waals surface area contributed by atoms with Crippen molar-refractivity contribution >= 4 is 17.3 Å². The minimum Gasteiger partial charge on any atom is -0.481 e. The lowest BCUT2D eigenvalue weighted by Crippen LogP contribution is -2.04. The molecule has 0 aliphatic carbocycles.